The molecule has 0 atom stereocenters. The molecule has 0 bridgehead atoms. The van der Waals surface area contributed by atoms with E-state index in [4.69, 9.17) is 9.47 Å². The van der Waals surface area contributed by atoms with Gasteiger partial charge in [-0.3, -0.25) is 9.59 Å². The Morgan fingerprint density at radius 1 is 1.20 bits per heavy atom. The fourth-order valence-corrected chi connectivity index (χ4v) is 2.64. The zero-order valence-electron chi connectivity index (χ0n) is 12.7. The van der Waals surface area contributed by atoms with Crippen LogP contribution in [0.5, 0.6) is 0 Å². The minimum atomic E-state index is -1.24. The number of allylic oxidation sites excluding steroid dienone is 3. The van der Waals surface area contributed by atoms with E-state index in [0.29, 0.717) is 6.42 Å². The summed E-state index contributed by atoms with van der Waals surface area (Å²) in [5, 5.41) is 0. The zero-order valence-corrected chi connectivity index (χ0v) is 12.7. The highest BCUT2D eigenvalue weighted by molar-refractivity contribution is 6.01. The van der Waals surface area contributed by atoms with Crippen molar-refractivity contribution in [2.75, 3.05) is 14.2 Å². The van der Waals surface area contributed by atoms with Crippen LogP contribution in [0.1, 0.15) is 45.4 Å². The monoisotopic (exact) mass is 280 g/mol. The van der Waals surface area contributed by atoms with Gasteiger partial charge in [0.1, 0.15) is 0 Å². The van der Waals surface area contributed by atoms with Gasteiger partial charge in [0, 0.05) is 0 Å². The second-order valence-corrected chi connectivity index (χ2v) is 5.25. The summed E-state index contributed by atoms with van der Waals surface area (Å²) in [6.45, 7) is 6.13. The molecule has 112 valence electrons. The van der Waals surface area contributed by atoms with E-state index in [-0.39, 0.29) is 6.42 Å². The number of ether oxygens (including phenoxy) is 2. The van der Waals surface area contributed by atoms with Crippen molar-refractivity contribution in [3.63, 3.8) is 0 Å². The van der Waals surface area contributed by atoms with E-state index in [1.54, 1.807) is 0 Å². The molecule has 0 unspecified atom stereocenters. The van der Waals surface area contributed by atoms with E-state index in [9.17, 15) is 9.59 Å². The second-order valence-electron chi connectivity index (χ2n) is 5.25. The van der Waals surface area contributed by atoms with Gasteiger partial charge in [-0.15, -0.1) is 0 Å². The summed E-state index contributed by atoms with van der Waals surface area (Å²) >= 11 is 0. The molecular weight excluding hydrogens is 256 g/mol. The van der Waals surface area contributed by atoms with Crippen molar-refractivity contribution in [2.24, 2.45) is 5.41 Å². The molecule has 0 heterocycles. The number of carbonyl (C=O) groups is 2. The van der Waals surface area contributed by atoms with Crippen molar-refractivity contribution in [3.8, 4) is 0 Å². The molecule has 0 aliphatic heterocycles. The van der Waals surface area contributed by atoms with Crippen LogP contribution in [-0.4, -0.2) is 26.2 Å². The van der Waals surface area contributed by atoms with Gasteiger partial charge in [0.25, 0.3) is 0 Å². The molecule has 0 amide bonds. The summed E-state index contributed by atoms with van der Waals surface area (Å²) in [6, 6.07) is 0. The van der Waals surface area contributed by atoms with Crippen molar-refractivity contribution in [1.82, 2.24) is 0 Å². The SMILES string of the molecule is C=C1CC(C(=O)OC)(C(=O)OC)C/C1=C\CCCCC. The van der Waals surface area contributed by atoms with Crippen molar-refractivity contribution in [1.29, 1.82) is 0 Å². The van der Waals surface area contributed by atoms with Crippen molar-refractivity contribution in [2.45, 2.75) is 45.4 Å². The third kappa shape index (κ3) is 3.30. The van der Waals surface area contributed by atoms with E-state index >= 15 is 0 Å². The topological polar surface area (TPSA) is 52.6 Å². The maximum absolute atomic E-state index is 12.0. The Balaban J connectivity index is 2.89. The van der Waals surface area contributed by atoms with E-state index in [1.807, 2.05) is 0 Å². The van der Waals surface area contributed by atoms with E-state index in [1.165, 1.54) is 27.1 Å². The molecule has 1 fully saturated rings. The van der Waals surface area contributed by atoms with Crippen LogP contribution < -0.4 is 0 Å². The summed E-state index contributed by atoms with van der Waals surface area (Å²) in [4.78, 5) is 24.0. The molecule has 0 aromatic carbocycles. The Hall–Kier alpha value is -1.58. The van der Waals surface area contributed by atoms with E-state index in [0.717, 1.165) is 24.0 Å². The minimum Gasteiger partial charge on any atom is -0.468 e. The van der Waals surface area contributed by atoms with Crippen LogP contribution in [0.25, 0.3) is 0 Å². The van der Waals surface area contributed by atoms with Crippen LogP contribution in [0.15, 0.2) is 23.8 Å². The molecule has 0 radical (unpaired) electrons. The van der Waals surface area contributed by atoms with Gasteiger partial charge in [-0.25, -0.2) is 0 Å². The molecule has 20 heavy (non-hydrogen) atoms. The van der Waals surface area contributed by atoms with Crippen LogP contribution >= 0.6 is 0 Å². The second kappa shape index (κ2) is 7.27. The predicted octanol–water partition coefficient (Wildman–Crippen LogP) is 3.18. The van der Waals surface area contributed by atoms with Gasteiger partial charge in [0.15, 0.2) is 5.41 Å². The first-order valence-corrected chi connectivity index (χ1v) is 7.05. The van der Waals surface area contributed by atoms with Crippen molar-refractivity contribution >= 4 is 11.9 Å². The Morgan fingerprint density at radius 3 is 2.30 bits per heavy atom. The lowest BCUT2D eigenvalue weighted by Gasteiger charge is -2.21. The Bertz CT molecular complexity index is 404. The number of unbranched alkanes of at least 4 members (excludes halogenated alkanes) is 3. The molecule has 0 aromatic heterocycles. The number of methoxy groups -OCH3 is 2. The molecule has 1 aliphatic rings. The average Bonchev–Trinajstić information content (AvgIpc) is 2.80. The van der Waals surface area contributed by atoms with E-state index in [2.05, 4.69) is 19.6 Å². The van der Waals surface area contributed by atoms with Crippen LogP contribution in [-0.2, 0) is 19.1 Å². The van der Waals surface area contributed by atoms with Crippen molar-refractivity contribution in [3.05, 3.63) is 23.8 Å². The summed E-state index contributed by atoms with van der Waals surface area (Å²) < 4.78 is 9.58. The maximum Gasteiger partial charge on any atom is 0.323 e. The number of hydrogen-bond acceptors (Lipinski definition) is 4. The molecule has 1 saturated carbocycles. The first kappa shape index (κ1) is 16.5. The van der Waals surface area contributed by atoms with Crippen LogP contribution in [0, 0.1) is 5.41 Å². The normalized spacial score (nSPS) is 19.1. The summed E-state index contributed by atoms with van der Waals surface area (Å²) in [5.74, 6) is -1.08. The highest BCUT2D eigenvalue weighted by Crippen LogP contribution is 2.46. The average molecular weight is 280 g/mol. The molecule has 0 spiro atoms. The first-order chi connectivity index (χ1) is 9.51. The van der Waals surface area contributed by atoms with Gasteiger partial charge in [0.2, 0.25) is 0 Å². The highest BCUT2D eigenvalue weighted by Gasteiger charge is 2.53. The fourth-order valence-electron chi connectivity index (χ4n) is 2.64. The Labute approximate surface area is 120 Å². The molecule has 0 saturated heterocycles. The standard InChI is InChI=1S/C16H24O4/c1-5-6-7-8-9-13-11-16(10-12(13)2,14(17)19-3)15(18)20-4/h9H,2,5-8,10-11H2,1,3-4H3/b13-9+. The Kier molecular flexibility index (Phi) is 5.99. The smallest absolute Gasteiger partial charge is 0.323 e. The molecule has 4 heteroatoms. The van der Waals surface area contributed by atoms with E-state index < -0.39 is 17.4 Å². The fraction of sp³-hybridized carbons (Fsp3) is 0.625. The lowest BCUT2D eigenvalue weighted by molar-refractivity contribution is -0.168. The third-order valence-corrected chi connectivity index (χ3v) is 3.81. The van der Waals surface area contributed by atoms with Gasteiger partial charge < -0.3 is 9.47 Å². The van der Waals surface area contributed by atoms with Crippen LogP contribution in [0.3, 0.4) is 0 Å². The van der Waals surface area contributed by atoms with Gasteiger partial charge in [-0.1, -0.05) is 38.0 Å². The number of carbonyl (C=O) groups excluding carboxylic acids is 2. The van der Waals surface area contributed by atoms with Gasteiger partial charge >= 0.3 is 11.9 Å². The molecule has 1 rings (SSSR count). The largest absolute Gasteiger partial charge is 0.468 e. The molecule has 0 N–H and O–H groups in total. The molecular formula is C16H24O4. The van der Waals surface area contributed by atoms with Gasteiger partial charge in [0.05, 0.1) is 14.2 Å². The number of esters is 2. The summed E-state index contributed by atoms with van der Waals surface area (Å²) in [6.07, 6.45) is 7.10. The third-order valence-electron chi connectivity index (χ3n) is 3.81. The van der Waals surface area contributed by atoms with Crippen molar-refractivity contribution < 1.29 is 19.1 Å². The first-order valence-electron chi connectivity index (χ1n) is 7.05. The number of hydrogen-bond donors (Lipinski definition) is 0. The molecule has 0 aromatic rings. The predicted molar refractivity (Wildman–Crippen MR) is 77.1 cm³/mol. The highest BCUT2D eigenvalue weighted by atomic mass is 16.5. The quantitative estimate of drug-likeness (QED) is 0.426. The van der Waals surface area contributed by atoms with Gasteiger partial charge in [-0.2, -0.15) is 0 Å². The lowest BCUT2D eigenvalue weighted by Crippen LogP contribution is -2.38. The minimum absolute atomic E-state index is 0.284. The maximum atomic E-state index is 12.0. The Morgan fingerprint density at radius 2 is 1.80 bits per heavy atom. The lowest BCUT2D eigenvalue weighted by atomic mass is 9.85. The summed E-state index contributed by atoms with van der Waals surface area (Å²) in [7, 11) is 2.58. The molecule has 4 nitrogen and oxygen atoms in total. The molecule has 1 aliphatic carbocycles. The zero-order chi connectivity index (χ0) is 15.2. The van der Waals surface area contributed by atoms with Gasteiger partial charge in [-0.05, 0) is 31.3 Å². The van der Waals surface area contributed by atoms with Crippen LogP contribution in [0.2, 0.25) is 0 Å². The summed E-state index contributed by atoms with van der Waals surface area (Å²) in [5.41, 5.74) is 0.575. The number of rotatable bonds is 6. The van der Waals surface area contributed by atoms with Crippen LogP contribution in [0.4, 0.5) is 0 Å².